The van der Waals surface area contributed by atoms with E-state index in [1.807, 2.05) is 48.0 Å². The van der Waals surface area contributed by atoms with Crippen LogP contribution in [-0.2, 0) is 6.54 Å². The van der Waals surface area contributed by atoms with Crippen molar-refractivity contribution < 1.29 is 9.18 Å². The van der Waals surface area contributed by atoms with Crippen LogP contribution in [0.15, 0.2) is 85.6 Å². The monoisotopic (exact) mass is 437 g/mol. The number of hydrogen-bond donors (Lipinski definition) is 1. The Morgan fingerprint density at radius 1 is 1.03 bits per heavy atom. The first-order valence-corrected chi connectivity index (χ1v) is 10.5. The van der Waals surface area contributed by atoms with Gasteiger partial charge >= 0.3 is 0 Å². The second kappa shape index (κ2) is 8.63. The van der Waals surface area contributed by atoms with Gasteiger partial charge in [-0.15, -0.1) is 0 Å². The number of aromatic nitrogens is 4. The predicted molar refractivity (Wildman–Crippen MR) is 124 cm³/mol. The molecule has 0 bridgehead atoms. The highest BCUT2D eigenvalue weighted by Gasteiger charge is 2.14. The fraction of sp³-hybridized carbons (Fsp3) is 0.0769. The van der Waals surface area contributed by atoms with Gasteiger partial charge in [0, 0.05) is 59.6 Å². The molecule has 6 nitrogen and oxygen atoms in total. The molecule has 0 aliphatic rings. The summed E-state index contributed by atoms with van der Waals surface area (Å²) in [5.41, 5.74) is 4.42. The molecule has 3 heterocycles. The molecule has 0 saturated carbocycles. The summed E-state index contributed by atoms with van der Waals surface area (Å²) in [6, 6.07) is 15.8. The number of rotatable bonds is 5. The van der Waals surface area contributed by atoms with E-state index in [-0.39, 0.29) is 11.7 Å². The minimum Gasteiger partial charge on any atom is -0.348 e. The fourth-order valence-corrected chi connectivity index (χ4v) is 3.77. The van der Waals surface area contributed by atoms with Crippen LogP contribution in [0.1, 0.15) is 21.5 Å². The van der Waals surface area contributed by atoms with Gasteiger partial charge in [-0.2, -0.15) is 0 Å². The van der Waals surface area contributed by atoms with Crippen molar-refractivity contribution in [2.75, 3.05) is 0 Å². The van der Waals surface area contributed by atoms with Crippen molar-refractivity contribution in [3.63, 3.8) is 0 Å². The molecule has 5 aromatic rings. The highest BCUT2D eigenvalue weighted by molar-refractivity contribution is 5.99. The maximum Gasteiger partial charge on any atom is 0.251 e. The highest BCUT2D eigenvalue weighted by Crippen LogP contribution is 2.26. The van der Waals surface area contributed by atoms with Crippen LogP contribution in [0, 0.1) is 12.7 Å². The predicted octanol–water partition coefficient (Wildman–Crippen LogP) is 4.86. The lowest BCUT2D eigenvalue weighted by atomic mass is 10.1. The van der Waals surface area contributed by atoms with Crippen molar-refractivity contribution in [2.45, 2.75) is 13.5 Å². The lowest BCUT2D eigenvalue weighted by molar-refractivity contribution is 0.0951. The third kappa shape index (κ3) is 4.08. The molecular formula is C26H20FN5O. The highest BCUT2D eigenvalue weighted by atomic mass is 19.1. The fourth-order valence-electron chi connectivity index (χ4n) is 3.77. The van der Waals surface area contributed by atoms with Crippen LogP contribution in [0.5, 0.6) is 0 Å². The van der Waals surface area contributed by atoms with E-state index in [0.29, 0.717) is 29.2 Å². The van der Waals surface area contributed by atoms with E-state index in [4.69, 9.17) is 0 Å². The third-order valence-electron chi connectivity index (χ3n) is 5.51. The Balaban J connectivity index is 1.45. The molecule has 0 aliphatic heterocycles. The normalized spacial score (nSPS) is 11.0. The summed E-state index contributed by atoms with van der Waals surface area (Å²) in [4.78, 5) is 25.7. The number of halogens is 1. The quantitative estimate of drug-likeness (QED) is 0.426. The molecule has 1 amide bonds. The second-order valence-electron chi connectivity index (χ2n) is 7.70. The van der Waals surface area contributed by atoms with Crippen LogP contribution in [0.25, 0.3) is 28.0 Å². The Hall–Kier alpha value is -4.39. The number of amides is 1. The van der Waals surface area contributed by atoms with Gasteiger partial charge in [0.2, 0.25) is 5.95 Å². The van der Waals surface area contributed by atoms with Crippen LogP contribution >= 0.6 is 0 Å². The molecule has 2 aromatic carbocycles. The topological polar surface area (TPSA) is 72.7 Å². The zero-order valence-corrected chi connectivity index (χ0v) is 17.9. The van der Waals surface area contributed by atoms with Crippen LogP contribution in [-0.4, -0.2) is 25.4 Å². The van der Waals surface area contributed by atoms with Crippen molar-refractivity contribution in [3.05, 3.63) is 108 Å². The van der Waals surface area contributed by atoms with Crippen LogP contribution < -0.4 is 5.32 Å². The number of benzene rings is 2. The van der Waals surface area contributed by atoms with Gasteiger partial charge in [-0.25, -0.2) is 14.4 Å². The van der Waals surface area contributed by atoms with Crippen molar-refractivity contribution in [3.8, 4) is 17.1 Å². The zero-order valence-electron chi connectivity index (χ0n) is 17.9. The van der Waals surface area contributed by atoms with Crippen molar-refractivity contribution in [1.82, 2.24) is 24.8 Å². The zero-order chi connectivity index (χ0) is 22.8. The third-order valence-corrected chi connectivity index (χ3v) is 5.51. The number of fused-ring (bicyclic) bond motifs is 1. The summed E-state index contributed by atoms with van der Waals surface area (Å²) in [5, 5.41) is 3.94. The molecule has 0 saturated heterocycles. The molecule has 0 unspecified atom stereocenters. The Labute approximate surface area is 189 Å². The number of nitrogens with zero attached hydrogens (tertiary/aromatic N) is 4. The van der Waals surface area contributed by atoms with E-state index in [1.54, 1.807) is 43.0 Å². The summed E-state index contributed by atoms with van der Waals surface area (Å²) in [7, 11) is 0. The Morgan fingerprint density at radius 3 is 2.55 bits per heavy atom. The maximum absolute atomic E-state index is 14.1. The first-order valence-electron chi connectivity index (χ1n) is 10.5. The first kappa shape index (κ1) is 20.5. The number of nitrogens with one attached hydrogen (secondary N) is 1. The standard InChI is InChI=1S/C26H20FN5O/c1-17-16-32(26-30-14-20(15-31-26)22-4-2-3-5-23(22)27)24-12-19(6-7-21(17)24)25(33)29-13-18-8-10-28-11-9-18/h2-12,14-16H,13H2,1H3,(H,29,33). The van der Waals surface area contributed by atoms with Gasteiger partial charge in [0.25, 0.3) is 5.91 Å². The smallest absolute Gasteiger partial charge is 0.251 e. The minimum absolute atomic E-state index is 0.171. The maximum atomic E-state index is 14.1. The lowest BCUT2D eigenvalue weighted by Gasteiger charge is -2.08. The second-order valence-corrected chi connectivity index (χ2v) is 7.70. The molecule has 7 heteroatoms. The van der Waals surface area contributed by atoms with Gasteiger partial charge in [0.1, 0.15) is 5.82 Å². The lowest BCUT2D eigenvalue weighted by Crippen LogP contribution is -2.22. The molecule has 0 atom stereocenters. The number of pyridine rings is 1. The number of hydrogen-bond acceptors (Lipinski definition) is 4. The largest absolute Gasteiger partial charge is 0.348 e. The average molecular weight is 437 g/mol. The molecule has 3 aromatic heterocycles. The molecular weight excluding hydrogens is 417 g/mol. The Morgan fingerprint density at radius 2 is 1.79 bits per heavy atom. The Bertz CT molecular complexity index is 1450. The molecule has 0 aliphatic carbocycles. The van der Waals surface area contributed by atoms with Crippen LogP contribution in [0.2, 0.25) is 0 Å². The molecule has 33 heavy (non-hydrogen) atoms. The van der Waals surface area contributed by atoms with Gasteiger partial charge in [-0.3, -0.25) is 14.3 Å². The molecule has 0 fully saturated rings. The molecule has 0 spiro atoms. The summed E-state index contributed by atoms with van der Waals surface area (Å²) in [5.74, 6) is -0.0454. The van der Waals surface area contributed by atoms with Gasteiger partial charge in [-0.05, 0) is 48.4 Å². The molecule has 5 rings (SSSR count). The van der Waals surface area contributed by atoms with Crippen molar-refractivity contribution >= 4 is 16.8 Å². The Kier molecular flexibility index (Phi) is 5.36. The molecule has 0 radical (unpaired) electrons. The van der Waals surface area contributed by atoms with Gasteiger partial charge in [0.05, 0.1) is 5.52 Å². The van der Waals surface area contributed by atoms with E-state index >= 15 is 0 Å². The summed E-state index contributed by atoms with van der Waals surface area (Å²) in [6.45, 7) is 2.41. The van der Waals surface area contributed by atoms with Crippen molar-refractivity contribution in [1.29, 1.82) is 0 Å². The summed E-state index contributed by atoms with van der Waals surface area (Å²) < 4.78 is 15.9. The SMILES string of the molecule is Cc1cn(-c2ncc(-c3ccccc3F)cn2)c2cc(C(=O)NCc3ccncc3)ccc12. The van der Waals surface area contributed by atoms with E-state index in [1.165, 1.54) is 6.07 Å². The van der Waals surface area contributed by atoms with Gasteiger partial charge < -0.3 is 5.32 Å². The summed E-state index contributed by atoms with van der Waals surface area (Å²) in [6.07, 6.45) is 8.53. The number of aryl methyl sites for hydroxylation is 1. The first-order chi connectivity index (χ1) is 16.1. The molecule has 162 valence electrons. The minimum atomic E-state index is -0.321. The molecule has 1 N–H and O–H groups in total. The van der Waals surface area contributed by atoms with E-state index in [2.05, 4.69) is 20.3 Å². The van der Waals surface area contributed by atoms with Gasteiger partial charge in [-0.1, -0.05) is 24.3 Å². The average Bonchev–Trinajstić information content (AvgIpc) is 3.19. The number of carbonyl (C=O) groups is 1. The van der Waals surface area contributed by atoms with Gasteiger partial charge in [0.15, 0.2) is 0 Å². The van der Waals surface area contributed by atoms with Crippen LogP contribution in [0.4, 0.5) is 4.39 Å². The van der Waals surface area contributed by atoms with Crippen LogP contribution in [0.3, 0.4) is 0 Å². The van der Waals surface area contributed by atoms with E-state index in [9.17, 15) is 9.18 Å². The van der Waals surface area contributed by atoms with E-state index < -0.39 is 0 Å². The summed E-state index contributed by atoms with van der Waals surface area (Å²) >= 11 is 0. The van der Waals surface area contributed by atoms with Crippen molar-refractivity contribution in [2.24, 2.45) is 0 Å². The van der Waals surface area contributed by atoms with E-state index in [0.717, 1.165) is 22.0 Å². The number of carbonyl (C=O) groups excluding carboxylic acids is 1.